The van der Waals surface area contributed by atoms with Crippen molar-refractivity contribution in [1.82, 2.24) is 0 Å². The Bertz CT molecular complexity index is 674. The molecule has 1 aromatic carbocycles. The zero-order valence-electron chi connectivity index (χ0n) is 12.1. The number of hydrogen-bond acceptors (Lipinski definition) is 5. The summed E-state index contributed by atoms with van der Waals surface area (Å²) in [5.74, 6) is 1.12. The van der Waals surface area contributed by atoms with Crippen molar-refractivity contribution in [3.05, 3.63) is 78.6 Å². The first kappa shape index (κ1) is 15.3. The van der Waals surface area contributed by atoms with E-state index in [1.165, 1.54) is 6.26 Å². The molecule has 5 nitrogen and oxygen atoms in total. The van der Waals surface area contributed by atoms with Crippen LogP contribution >= 0.6 is 0 Å². The third-order valence-electron chi connectivity index (χ3n) is 2.69. The van der Waals surface area contributed by atoms with Gasteiger partial charge >= 0.3 is 0 Å². The van der Waals surface area contributed by atoms with Crippen molar-refractivity contribution < 1.29 is 13.6 Å². The van der Waals surface area contributed by atoms with E-state index in [1.54, 1.807) is 29.6 Å². The van der Waals surface area contributed by atoms with Crippen molar-refractivity contribution in [2.45, 2.75) is 0 Å². The molecule has 0 atom stereocenters. The molecule has 0 saturated carbocycles. The topological polar surface area (TPSA) is 59.0 Å². The molecule has 3 rings (SSSR count). The zero-order valence-corrected chi connectivity index (χ0v) is 12.1. The summed E-state index contributed by atoms with van der Waals surface area (Å²) in [6, 6.07) is 16.9. The molecule has 0 aliphatic rings. The van der Waals surface area contributed by atoms with E-state index in [-0.39, 0.29) is 0 Å². The fraction of sp³-hybridized carbons (Fsp3) is 0.0588. The summed E-state index contributed by atoms with van der Waals surface area (Å²) in [6.07, 6.45) is 5.45. The minimum Gasteiger partial charge on any atom is -0.463 e. The molecule has 0 unspecified atom stereocenters. The van der Waals surface area contributed by atoms with E-state index >= 15 is 0 Å². The molecule has 2 heterocycles. The quantitative estimate of drug-likeness (QED) is 0.417. The lowest BCUT2D eigenvalue weighted by Gasteiger charge is -2.11. The maximum Gasteiger partial charge on any atom is 0.185 e. The summed E-state index contributed by atoms with van der Waals surface area (Å²) in [5, 5.41) is 6.05. The lowest BCUT2D eigenvalue weighted by Crippen LogP contribution is -2.08. The highest BCUT2D eigenvalue weighted by Crippen LogP contribution is 2.10. The van der Waals surface area contributed by atoms with E-state index in [9.17, 15) is 4.79 Å². The Morgan fingerprint density at radius 1 is 0.909 bits per heavy atom. The van der Waals surface area contributed by atoms with E-state index < -0.39 is 0 Å². The van der Waals surface area contributed by atoms with E-state index in [4.69, 9.17) is 4.42 Å². The predicted molar refractivity (Wildman–Crippen MR) is 85.2 cm³/mol. The van der Waals surface area contributed by atoms with Crippen molar-refractivity contribution in [2.24, 2.45) is 5.10 Å². The van der Waals surface area contributed by atoms with Crippen LogP contribution in [0.1, 0.15) is 16.3 Å². The van der Waals surface area contributed by atoms with Gasteiger partial charge in [0.1, 0.15) is 5.76 Å². The molecule has 2 aromatic heterocycles. The van der Waals surface area contributed by atoms with Crippen LogP contribution in [0.4, 0.5) is 5.69 Å². The minimum absolute atomic E-state index is 0.375. The SMILES string of the molecule is CN(/N=C/c1ccco1)c1ccccc1.O=Cc1ccco1. The molecular formula is C17H16N2O3. The maximum atomic E-state index is 9.77. The Balaban J connectivity index is 0.000000211. The molecule has 0 fully saturated rings. The highest BCUT2D eigenvalue weighted by molar-refractivity contribution is 5.76. The van der Waals surface area contributed by atoms with Crippen molar-refractivity contribution >= 4 is 18.2 Å². The summed E-state index contributed by atoms with van der Waals surface area (Å²) in [4.78, 5) is 9.77. The number of rotatable bonds is 4. The summed E-state index contributed by atoms with van der Waals surface area (Å²) in [7, 11) is 1.90. The molecule has 0 N–H and O–H groups in total. The van der Waals surface area contributed by atoms with Gasteiger partial charge in [-0.25, -0.2) is 0 Å². The summed E-state index contributed by atoms with van der Waals surface area (Å²) in [6.45, 7) is 0. The summed E-state index contributed by atoms with van der Waals surface area (Å²) < 4.78 is 9.76. The highest BCUT2D eigenvalue weighted by atomic mass is 16.3. The van der Waals surface area contributed by atoms with Gasteiger partial charge in [0.25, 0.3) is 0 Å². The van der Waals surface area contributed by atoms with Gasteiger partial charge in [-0.3, -0.25) is 9.80 Å². The van der Waals surface area contributed by atoms with Crippen molar-refractivity contribution in [3.63, 3.8) is 0 Å². The molecule has 3 aromatic rings. The van der Waals surface area contributed by atoms with Crippen molar-refractivity contribution in [3.8, 4) is 0 Å². The second kappa shape index (κ2) is 8.26. The van der Waals surface area contributed by atoms with Gasteiger partial charge in [0.05, 0.1) is 24.4 Å². The number of carbonyl (C=O) groups excluding carboxylic acids is 1. The first-order chi connectivity index (χ1) is 10.8. The number of nitrogens with zero attached hydrogens (tertiary/aromatic N) is 2. The predicted octanol–water partition coefficient (Wildman–Crippen LogP) is 3.84. The van der Waals surface area contributed by atoms with Crippen LogP contribution in [0.3, 0.4) is 0 Å². The van der Waals surface area contributed by atoms with E-state index in [0.29, 0.717) is 12.0 Å². The smallest absolute Gasteiger partial charge is 0.185 e. The van der Waals surface area contributed by atoms with Crippen LogP contribution in [0, 0.1) is 0 Å². The number of hydrazone groups is 1. The van der Waals surface area contributed by atoms with Gasteiger partial charge in [-0.1, -0.05) is 18.2 Å². The van der Waals surface area contributed by atoms with Crippen LogP contribution in [0.15, 0.2) is 81.1 Å². The van der Waals surface area contributed by atoms with Gasteiger partial charge in [0.15, 0.2) is 12.0 Å². The van der Waals surface area contributed by atoms with Crippen LogP contribution in [0.5, 0.6) is 0 Å². The molecule has 0 amide bonds. The first-order valence-electron chi connectivity index (χ1n) is 6.64. The van der Waals surface area contributed by atoms with Gasteiger partial charge < -0.3 is 8.83 Å². The lowest BCUT2D eigenvalue weighted by atomic mass is 10.3. The third-order valence-corrected chi connectivity index (χ3v) is 2.69. The number of carbonyl (C=O) groups is 1. The molecule has 0 bridgehead atoms. The van der Waals surface area contributed by atoms with Gasteiger partial charge in [-0.2, -0.15) is 5.10 Å². The number of para-hydroxylation sites is 1. The maximum absolute atomic E-state index is 9.77. The van der Waals surface area contributed by atoms with Crippen molar-refractivity contribution in [1.29, 1.82) is 0 Å². The standard InChI is InChI=1S/C12H12N2O.C5H4O2/c1-14(11-6-3-2-4-7-11)13-10-12-8-5-9-15-12;6-4-5-2-1-3-7-5/h2-10H,1H3;1-4H/b13-10+;. The molecule has 0 saturated heterocycles. The van der Waals surface area contributed by atoms with Gasteiger partial charge in [0.2, 0.25) is 0 Å². The fourth-order valence-electron chi connectivity index (χ4n) is 1.58. The Kier molecular flexibility index (Phi) is 5.75. The van der Waals surface area contributed by atoms with Gasteiger partial charge in [-0.15, -0.1) is 0 Å². The Morgan fingerprint density at radius 3 is 2.05 bits per heavy atom. The van der Waals surface area contributed by atoms with Crippen LogP contribution in [-0.4, -0.2) is 19.5 Å². The molecule has 0 radical (unpaired) electrons. The first-order valence-corrected chi connectivity index (χ1v) is 6.64. The zero-order chi connectivity index (χ0) is 15.6. The largest absolute Gasteiger partial charge is 0.463 e. The highest BCUT2D eigenvalue weighted by Gasteiger charge is 1.95. The average molecular weight is 296 g/mol. The minimum atomic E-state index is 0.375. The number of benzene rings is 1. The van der Waals surface area contributed by atoms with E-state index in [2.05, 4.69) is 9.52 Å². The number of furan rings is 2. The second-order valence-electron chi connectivity index (χ2n) is 4.25. The summed E-state index contributed by atoms with van der Waals surface area (Å²) >= 11 is 0. The molecule has 112 valence electrons. The third kappa shape index (κ3) is 4.79. The number of anilines is 1. The molecule has 0 aliphatic heterocycles. The average Bonchev–Trinajstić information content (AvgIpc) is 3.27. The van der Waals surface area contributed by atoms with Crippen LogP contribution in [0.25, 0.3) is 0 Å². The molecule has 0 aliphatic carbocycles. The fourth-order valence-corrected chi connectivity index (χ4v) is 1.58. The van der Waals surface area contributed by atoms with E-state index in [0.717, 1.165) is 11.4 Å². The van der Waals surface area contributed by atoms with Crippen LogP contribution in [-0.2, 0) is 0 Å². The number of aldehydes is 1. The lowest BCUT2D eigenvalue weighted by molar-refractivity contribution is 0.110. The molecular weight excluding hydrogens is 280 g/mol. The molecule has 22 heavy (non-hydrogen) atoms. The van der Waals surface area contributed by atoms with Crippen LogP contribution in [0.2, 0.25) is 0 Å². The second-order valence-corrected chi connectivity index (χ2v) is 4.25. The monoisotopic (exact) mass is 296 g/mol. The summed E-state index contributed by atoms with van der Waals surface area (Å²) in [5.41, 5.74) is 1.04. The molecule has 0 spiro atoms. The van der Waals surface area contributed by atoms with Gasteiger partial charge in [0, 0.05) is 7.05 Å². The Morgan fingerprint density at radius 2 is 1.55 bits per heavy atom. The Labute approximate surface area is 128 Å². The normalized spacial score (nSPS) is 10.0. The molecule has 5 heteroatoms. The Hall–Kier alpha value is -3.08. The van der Waals surface area contributed by atoms with Gasteiger partial charge in [-0.05, 0) is 36.4 Å². The number of hydrogen-bond donors (Lipinski definition) is 0. The van der Waals surface area contributed by atoms with E-state index in [1.807, 2.05) is 49.5 Å². The van der Waals surface area contributed by atoms with Crippen LogP contribution < -0.4 is 5.01 Å². The van der Waals surface area contributed by atoms with Crippen molar-refractivity contribution in [2.75, 3.05) is 12.1 Å².